The second-order valence-corrected chi connectivity index (χ2v) is 4.92. The van der Waals surface area contributed by atoms with E-state index in [1.54, 1.807) is 18.2 Å². The monoisotopic (exact) mass is 241 g/mol. The molecular formula is C13H17F2NO. The Morgan fingerprint density at radius 1 is 1.41 bits per heavy atom. The van der Waals surface area contributed by atoms with Crippen molar-refractivity contribution in [3.63, 3.8) is 0 Å². The second-order valence-electron chi connectivity index (χ2n) is 4.92. The number of halogens is 2. The van der Waals surface area contributed by atoms with Crippen molar-refractivity contribution >= 4 is 0 Å². The largest absolute Gasteiger partial charge is 0.496 e. The summed E-state index contributed by atoms with van der Waals surface area (Å²) in [6.45, 7) is 0.893. The first kappa shape index (κ1) is 12.3. The van der Waals surface area contributed by atoms with E-state index >= 15 is 0 Å². The van der Waals surface area contributed by atoms with Gasteiger partial charge in [-0.1, -0.05) is 12.1 Å². The van der Waals surface area contributed by atoms with Crippen molar-refractivity contribution in [1.82, 2.24) is 0 Å². The van der Waals surface area contributed by atoms with Gasteiger partial charge in [0.1, 0.15) is 5.75 Å². The Hall–Kier alpha value is -1.16. The third-order valence-corrected chi connectivity index (χ3v) is 3.21. The summed E-state index contributed by atoms with van der Waals surface area (Å²) in [4.78, 5) is 0. The summed E-state index contributed by atoms with van der Waals surface area (Å²) in [5, 5.41) is 0. The van der Waals surface area contributed by atoms with Crippen LogP contribution in [0.3, 0.4) is 0 Å². The quantitative estimate of drug-likeness (QED) is 0.879. The van der Waals surface area contributed by atoms with Crippen LogP contribution in [-0.2, 0) is 12.3 Å². The van der Waals surface area contributed by atoms with Gasteiger partial charge in [0.05, 0.1) is 12.7 Å². The number of hydrogen-bond acceptors (Lipinski definition) is 2. The predicted octanol–water partition coefficient (Wildman–Crippen LogP) is 2.84. The molecule has 1 aromatic rings. The summed E-state index contributed by atoms with van der Waals surface area (Å²) in [5.74, 6) is -2.67. The topological polar surface area (TPSA) is 35.2 Å². The van der Waals surface area contributed by atoms with Gasteiger partial charge in [0, 0.05) is 12.5 Å². The van der Waals surface area contributed by atoms with Crippen molar-refractivity contribution in [3.05, 3.63) is 29.3 Å². The zero-order valence-electron chi connectivity index (χ0n) is 10.1. The van der Waals surface area contributed by atoms with Crippen molar-refractivity contribution in [2.45, 2.75) is 37.6 Å². The van der Waals surface area contributed by atoms with Gasteiger partial charge >= 0.3 is 0 Å². The molecule has 0 saturated heterocycles. The molecule has 0 unspecified atom stereocenters. The van der Waals surface area contributed by atoms with Crippen LogP contribution in [0.4, 0.5) is 8.78 Å². The van der Waals surface area contributed by atoms with Gasteiger partial charge in [-0.3, -0.25) is 0 Å². The number of rotatable bonds is 4. The maximum Gasteiger partial charge on any atom is 0.274 e. The molecule has 94 valence electrons. The van der Waals surface area contributed by atoms with E-state index < -0.39 is 5.92 Å². The summed E-state index contributed by atoms with van der Waals surface area (Å²) in [6.07, 6.45) is 2.29. The van der Waals surface area contributed by atoms with E-state index in [0.717, 1.165) is 19.8 Å². The lowest BCUT2D eigenvalue weighted by Crippen LogP contribution is -2.26. The van der Waals surface area contributed by atoms with Gasteiger partial charge in [-0.05, 0) is 30.9 Å². The van der Waals surface area contributed by atoms with Gasteiger partial charge in [0.2, 0.25) is 0 Å². The molecule has 4 heteroatoms. The molecule has 0 amide bonds. The highest BCUT2D eigenvalue weighted by Gasteiger charge is 2.41. The van der Waals surface area contributed by atoms with Gasteiger partial charge in [-0.25, -0.2) is 8.78 Å². The normalized spacial score (nSPS) is 17.9. The summed E-state index contributed by atoms with van der Waals surface area (Å²) in [6, 6.07) is 5.00. The minimum absolute atomic E-state index is 0.0285. The molecule has 1 aromatic carbocycles. The fourth-order valence-corrected chi connectivity index (χ4v) is 2.11. The van der Waals surface area contributed by atoms with E-state index in [4.69, 9.17) is 10.5 Å². The second kappa shape index (κ2) is 3.95. The average Bonchev–Trinajstić information content (AvgIpc) is 2.94. The number of methoxy groups -OCH3 is 1. The first-order valence-electron chi connectivity index (χ1n) is 5.69. The first-order chi connectivity index (χ1) is 7.86. The van der Waals surface area contributed by atoms with Crippen LogP contribution in [0.1, 0.15) is 30.9 Å². The fourth-order valence-electron chi connectivity index (χ4n) is 2.11. The molecule has 2 rings (SSSR count). The van der Waals surface area contributed by atoms with Crippen LogP contribution in [0.2, 0.25) is 0 Å². The molecule has 1 aliphatic carbocycles. The molecule has 2 nitrogen and oxygen atoms in total. The standard InChI is InChI=1S/C13H17F2NO/c1-12(14,15)11-9(8-13(16)6-7-13)4-3-5-10(11)17-2/h3-5H,6-8,16H2,1-2H3. The van der Waals surface area contributed by atoms with E-state index in [9.17, 15) is 8.78 Å². The maximum atomic E-state index is 13.6. The molecular weight excluding hydrogens is 224 g/mol. The summed E-state index contributed by atoms with van der Waals surface area (Å²) in [5.41, 5.74) is 6.28. The average molecular weight is 241 g/mol. The Kier molecular flexibility index (Phi) is 2.86. The van der Waals surface area contributed by atoms with E-state index in [1.807, 2.05) is 0 Å². The summed E-state index contributed by atoms with van der Waals surface area (Å²) in [7, 11) is 1.41. The summed E-state index contributed by atoms with van der Waals surface area (Å²) >= 11 is 0. The molecule has 0 heterocycles. The van der Waals surface area contributed by atoms with Crippen LogP contribution in [0.5, 0.6) is 5.75 Å². The van der Waals surface area contributed by atoms with Gasteiger partial charge < -0.3 is 10.5 Å². The van der Waals surface area contributed by atoms with Crippen LogP contribution in [0, 0.1) is 0 Å². The third kappa shape index (κ3) is 2.57. The smallest absolute Gasteiger partial charge is 0.274 e. The van der Waals surface area contributed by atoms with E-state index in [1.165, 1.54) is 7.11 Å². The summed E-state index contributed by atoms with van der Waals surface area (Å²) < 4.78 is 32.3. The Morgan fingerprint density at radius 2 is 2.06 bits per heavy atom. The molecule has 2 N–H and O–H groups in total. The zero-order chi connectivity index (χ0) is 12.7. The van der Waals surface area contributed by atoms with Crippen LogP contribution in [0.15, 0.2) is 18.2 Å². The van der Waals surface area contributed by atoms with Crippen LogP contribution in [0.25, 0.3) is 0 Å². The Bertz CT molecular complexity index is 422. The highest BCUT2D eigenvalue weighted by atomic mass is 19.3. The number of hydrogen-bond donors (Lipinski definition) is 1. The van der Waals surface area contributed by atoms with Gasteiger partial charge in [0.25, 0.3) is 5.92 Å². The lowest BCUT2D eigenvalue weighted by molar-refractivity contribution is 0.0140. The highest BCUT2D eigenvalue weighted by molar-refractivity contribution is 5.44. The van der Waals surface area contributed by atoms with Gasteiger partial charge in [-0.2, -0.15) is 0 Å². The maximum absolute atomic E-state index is 13.6. The third-order valence-electron chi connectivity index (χ3n) is 3.21. The molecule has 0 radical (unpaired) electrons. The van der Waals surface area contributed by atoms with Crippen LogP contribution >= 0.6 is 0 Å². The SMILES string of the molecule is COc1cccc(CC2(N)CC2)c1C(C)(F)F. The minimum atomic E-state index is -2.91. The van der Waals surface area contributed by atoms with Crippen molar-refractivity contribution < 1.29 is 13.5 Å². The zero-order valence-corrected chi connectivity index (χ0v) is 10.1. The molecule has 0 spiro atoms. The van der Waals surface area contributed by atoms with Gasteiger partial charge in [0.15, 0.2) is 0 Å². The fraction of sp³-hybridized carbons (Fsp3) is 0.538. The molecule has 0 aromatic heterocycles. The Labute approximate surface area is 99.8 Å². The van der Waals surface area contributed by atoms with Crippen LogP contribution in [-0.4, -0.2) is 12.6 Å². The molecule has 17 heavy (non-hydrogen) atoms. The molecule has 0 bridgehead atoms. The number of nitrogens with two attached hydrogens (primary N) is 1. The minimum Gasteiger partial charge on any atom is -0.496 e. The highest BCUT2D eigenvalue weighted by Crippen LogP contribution is 2.42. The number of benzene rings is 1. The Morgan fingerprint density at radius 3 is 2.53 bits per heavy atom. The van der Waals surface area contributed by atoms with Crippen molar-refractivity contribution in [3.8, 4) is 5.75 Å². The van der Waals surface area contributed by atoms with Crippen molar-refractivity contribution in [2.24, 2.45) is 5.73 Å². The molecule has 0 atom stereocenters. The van der Waals surface area contributed by atoms with Gasteiger partial charge in [-0.15, -0.1) is 0 Å². The van der Waals surface area contributed by atoms with Crippen LogP contribution < -0.4 is 10.5 Å². The van der Waals surface area contributed by atoms with Crippen molar-refractivity contribution in [1.29, 1.82) is 0 Å². The first-order valence-corrected chi connectivity index (χ1v) is 5.69. The molecule has 0 aliphatic heterocycles. The lowest BCUT2D eigenvalue weighted by Gasteiger charge is -2.20. The Balaban J connectivity index is 2.43. The number of alkyl halides is 2. The van der Waals surface area contributed by atoms with E-state index in [0.29, 0.717) is 12.0 Å². The number of ether oxygens (including phenoxy) is 1. The molecule has 1 fully saturated rings. The molecule has 1 saturated carbocycles. The van der Waals surface area contributed by atoms with E-state index in [-0.39, 0.29) is 16.9 Å². The predicted molar refractivity (Wildman–Crippen MR) is 62.4 cm³/mol. The molecule has 1 aliphatic rings. The van der Waals surface area contributed by atoms with E-state index in [2.05, 4.69) is 0 Å². The lowest BCUT2D eigenvalue weighted by atomic mass is 9.95. The van der Waals surface area contributed by atoms with Crippen molar-refractivity contribution in [2.75, 3.05) is 7.11 Å².